The van der Waals surface area contributed by atoms with Crippen molar-refractivity contribution in [2.45, 2.75) is 33.2 Å². The average molecular weight is 259 g/mol. The van der Waals surface area contributed by atoms with Gasteiger partial charge in [0.25, 0.3) is 0 Å². The number of esters is 2. The molecule has 0 radical (unpaired) electrons. The molecular weight excluding hydrogens is 238 g/mol. The van der Waals surface area contributed by atoms with Crippen LogP contribution in [-0.4, -0.2) is 38.1 Å². The first-order valence-electron chi connectivity index (χ1n) is 5.78. The van der Waals surface area contributed by atoms with Gasteiger partial charge >= 0.3 is 11.9 Å². The first-order valence-corrected chi connectivity index (χ1v) is 5.78. The predicted octanol–water partition coefficient (Wildman–Crippen LogP) is 0.499. The Hall–Kier alpha value is -1.59. The topological polar surface area (TPSA) is 81.7 Å². The van der Waals surface area contributed by atoms with Crippen LogP contribution >= 0.6 is 0 Å². The molecule has 0 aromatic carbocycles. The number of hydrogen-bond acceptors (Lipinski definition) is 5. The van der Waals surface area contributed by atoms with Gasteiger partial charge in [0.15, 0.2) is 0 Å². The van der Waals surface area contributed by atoms with E-state index in [1.54, 1.807) is 20.8 Å². The van der Waals surface area contributed by atoms with Crippen LogP contribution < -0.4 is 5.32 Å². The fourth-order valence-electron chi connectivity index (χ4n) is 1.34. The number of rotatable bonds is 6. The number of amides is 1. The first kappa shape index (κ1) is 16.4. The molecule has 0 aromatic heterocycles. The third-order valence-corrected chi connectivity index (χ3v) is 2.56. The lowest BCUT2D eigenvalue weighted by molar-refractivity contribution is -0.148. The summed E-state index contributed by atoms with van der Waals surface area (Å²) in [6.07, 6.45) is 0.0364. The molecule has 0 rings (SSSR count). The van der Waals surface area contributed by atoms with E-state index in [1.165, 1.54) is 14.2 Å². The minimum Gasteiger partial charge on any atom is -0.469 e. The van der Waals surface area contributed by atoms with Crippen LogP contribution in [0.2, 0.25) is 0 Å². The maximum Gasteiger partial charge on any atom is 0.328 e. The first-order chi connectivity index (χ1) is 8.33. The molecule has 0 unspecified atom stereocenters. The summed E-state index contributed by atoms with van der Waals surface area (Å²) < 4.78 is 9.16. The molecule has 6 nitrogen and oxygen atoms in total. The van der Waals surface area contributed by atoms with Gasteiger partial charge in [-0.3, -0.25) is 9.59 Å². The van der Waals surface area contributed by atoms with Crippen LogP contribution in [0.3, 0.4) is 0 Å². The minimum atomic E-state index is -0.844. The second-order valence-electron chi connectivity index (χ2n) is 4.42. The molecule has 18 heavy (non-hydrogen) atoms. The summed E-state index contributed by atoms with van der Waals surface area (Å²) in [7, 11) is 2.51. The van der Waals surface area contributed by atoms with E-state index in [9.17, 15) is 14.4 Å². The lowest BCUT2D eigenvalue weighted by atomic mass is 9.97. The zero-order valence-corrected chi connectivity index (χ0v) is 11.5. The number of carbonyl (C=O) groups excluding carboxylic acids is 3. The second kappa shape index (κ2) is 7.68. The summed E-state index contributed by atoms with van der Waals surface area (Å²) in [5, 5.41) is 2.58. The molecule has 0 aliphatic heterocycles. The van der Waals surface area contributed by atoms with Crippen molar-refractivity contribution in [1.82, 2.24) is 5.32 Å². The van der Waals surface area contributed by atoms with Gasteiger partial charge in [-0.05, 0) is 5.92 Å². The zero-order chi connectivity index (χ0) is 14.3. The van der Waals surface area contributed by atoms with E-state index < -0.39 is 23.9 Å². The molecule has 0 aliphatic rings. The van der Waals surface area contributed by atoms with E-state index in [1.807, 2.05) is 0 Å². The number of methoxy groups -OCH3 is 2. The Kier molecular flexibility index (Phi) is 7.00. The third kappa shape index (κ3) is 5.16. The van der Waals surface area contributed by atoms with Crippen molar-refractivity contribution in [3.8, 4) is 0 Å². The van der Waals surface area contributed by atoms with Crippen molar-refractivity contribution < 1.29 is 23.9 Å². The van der Waals surface area contributed by atoms with Crippen molar-refractivity contribution in [1.29, 1.82) is 0 Å². The summed E-state index contributed by atoms with van der Waals surface area (Å²) in [6.45, 7) is 5.11. The zero-order valence-electron chi connectivity index (χ0n) is 11.5. The van der Waals surface area contributed by atoms with E-state index >= 15 is 0 Å². The molecule has 0 saturated carbocycles. The number of hydrogen-bond donors (Lipinski definition) is 1. The molecule has 0 fully saturated rings. The Labute approximate surface area is 107 Å². The second-order valence-corrected chi connectivity index (χ2v) is 4.42. The quantitative estimate of drug-likeness (QED) is 0.702. The number of nitrogens with one attached hydrogen (secondary N) is 1. The highest BCUT2D eigenvalue weighted by atomic mass is 16.5. The summed E-state index contributed by atoms with van der Waals surface area (Å²) in [5.41, 5.74) is 0. The van der Waals surface area contributed by atoms with E-state index in [0.717, 1.165) is 0 Å². The minimum absolute atomic E-state index is 0.0364. The summed E-state index contributed by atoms with van der Waals surface area (Å²) >= 11 is 0. The monoisotopic (exact) mass is 259 g/mol. The Balaban J connectivity index is 4.72. The highest BCUT2D eigenvalue weighted by Gasteiger charge is 2.30. The van der Waals surface area contributed by atoms with Gasteiger partial charge in [-0.25, -0.2) is 4.79 Å². The maximum atomic E-state index is 11.6. The van der Waals surface area contributed by atoms with E-state index in [-0.39, 0.29) is 18.2 Å². The van der Waals surface area contributed by atoms with Crippen molar-refractivity contribution in [2.75, 3.05) is 14.2 Å². The summed E-state index contributed by atoms with van der Waals surface area (Å²) in [6, 6.07) is -0.844. The highest BCUT2D eigenvalue weighted by Crippen LogP contribution is 2.11. The van der Waals surface area contributed by atoms with Gasteiger partial charge in [-0.1, -0.05) is 20.8 Å². The average Bonchev–Trinajstić information content (AvgIpc) is 2.33. The molecular formula is C12H21NO5. The van der Waals surface area contributed by atoms with Crippen molar-refractivity contribution in [3.63, 3.8) is 0 Å². The van der Waals surface area contributed by atoms with Crippen LogP contribution in [0.4, 0.5) is 0 Å². The van der Waals surface area contributed by atoms with Gasteiger partial charge in [0.2, 0.25) is 5.91 Å². The van der Waals surface area contributed by atoms with Gasteiger partial charge in [-0.15, -0.1) is 0 Å². The highest BCUT2D eigenvalue weighted by molar-refractivity contribution is 5.86. The molecule has 1 amide bonds. The molecule has 2 atom stereocenters. The van der Waals surface area contributed by atoms with E-state index in [4.69, 9.17) is 0 Å². The fourth-order valence-corrected chi connectivity index (χ4v) is 1.34. The summed E-state index contributed by atoms with van der Waals surface area (Å²) in [4.78, 5) is 34.4. The van der Waals surface area contributed by atoms with Crippen LogP contribution in [0.25, 0.3) is 0 Å². The van der Waals surface area contributed by atoms with Crippen molar-refractivity contribution >= 4 is 17.8 Å². The molecule has 0 bridgehead atoms. The maximum absolute atomic E-state index is 11.6. The molecule has 1 N–H and O–H groups in total. The van der Waals surface area contributed by atoms with Crippen LogP contribution in [0.5, 0.6) is 0 Å². The Bertz CT molecular complexity index is 314. The van der Waals surface area contributed by atoms with Crippen LogP contribution in [0, 0.1) is 11.8 Å². The largest absolute Gasteiger partial charge is 0.469 e. The Morgan fingerprint density at radius 3 is 2.00 bits per heavy atom. The molecule has 0 aliphatic carbocycles. The number of ether oxygens (including phenoxy) is 2. The molecule has 6 heteroatoms. The Morgan fingerprint density at radius 1 is 1.06 bits per heavy atom. The Morgan fingerprint density at radius 2 is 1.61 bits per heavy atom. The molecule has 0 aromatic rings. The molecule has 104 valence electrons. The lowest BCUT2D eigenvalue weighted by Crippen LogP contribution is -2.47. The molecule has 0 spiro atoms. The van der Waals surface area contributed by atoms with Crippen LogP contribution in [0.1, 0.15) is 27.2 Å². The SMILES string of the molecule is COC(=O)C[C@H](C)[C@H](NC(=O)C(C)C)C(=O)OC. The molecule has 0 heterocycles. The van der Waals surface area contributed by atoms with Crippen LogP contribution in [0.15, 0.2) is 0 Å². The lowest BCUT2D eigenvalue weighted by Gasteiger charge is -2.23. The molecule has 0 saturated heterocycles. The van der Waals surface area contributed by atoms with Gasteiger partial charge in [0.1, 0.15) is 6.04 Å². The normalized spacial score (nSPS) is 13.7. The van der Waals surface area contributed by atoms with Gasteiger partial charge in [-0.2, -0.15) is 0 Å². The van der Waals surface area contributed by atoms with Crippen molar-refractivity contribution in [3.05, 3.63) is 0 Å². The predicted molar refractivity (Wildman–Crippen MR) is 64.6 cm³/mol. The smallest absolute Gasteiger partial charge is 0.328 e. The van der Waals surface area contributed by atoms with E-state index in [0.29, 0.717) is 0 Å². The summed E-state index contributed by atoms with van der Waals surface area (Å²) in [5.74, 6) is -1.91. The van der Waals surface area contributed by atoms with Gasteiger partial charge in [0, 0.05) is 5.92 Å². The standard InChI is InChI=1S/C12H21NO5/c1-7(2)11(15)13-10(12(16)18-5)8(3)6-9(14)17-4/h7-8,10H,6H2,1-5H3,(H,13,15)/t8-,10-/m0/s1. The van der Waals surface area contributed by atoms with Gasteiger partial charge < -0.3 is 14.8 Å². The van der Waals surface area contributed by atoms with E-state index in [2.05, 4.69) is 14.8 Å². The number of carbonyl (C=O) groups is 3. The fraction of sp³-hybridized carbons (Fsp3) is 0.750. The van der Waals surface area contributed by atoms with Gasteiger partial charge in [0.05, 0.1) is 20.6 Å². The van der Waals surface area contributed by atoms with Crippen molar-refractivity contribution in [2.24, 2.45) is 11.8 Å². The van der Waals surface area contributed by atoms with Crippen LogP contribution in [-0.2, 0) is 23.9 Å². The third-order valence-electron chi connectivity index (χ3n) is 2.56.